The van der Waals surface area contributed by atoms with Gasteiger partial charge in [-0.1, -0.05) is 22.0 Å². The van der Waals surface area contributed by atoms with Crippen LogP contribution in [-0.2, 0) is 14.6 Å². The molecule has 2 amide bonds. The molecule has 3 rings (SSSR count). The smallest absolute Gasteiger partial charge is 0.269 e. The molecule has 2 aromatic carbocycles. The first-order valence-corrected chi connectivity index (χ1v) is 11.0. The zero-order chi connectivity index (χ0) is 21.5. The number of nitrogens with two attached hydrogens (primary N) is 1. The van der Waals surface area contributed by atoms with Crippen LogP contribution in [0.25, 0.3) is 10.9 Å². The molecule has 152 valence electrons. The van der Waals surface area contributed by atoms with Crippen LogP contribution in [0.1, 0.15) is 28.5 Å². The molecule has 0 spiro atoms. The van der Waals surface area contributed by atoms with E-state index in [0.29, 0.717) is 15.4 Å². The molecule has 0 fully saturated rings. The Balaban J connectivity index is 2.28. The van der Waals surface area contributed by atoms with Crippen molar-refractivity contribution >= 4 is 48.5 Å². The number of aromatic nitrogens is 1. The van der Waals surface area contributed by atoms with Crippen molar-refractivity contribution in [3.63, 3.8) is 0 Å². The number of aryl methyl sites for hydroxylation is 2. The largest absolute Gasteiger partial charge is 0.368 e. The van der Waals surface area contributed by atoms with Gasteiger partial charge in [0.05, 0.1) is 4.90 Å². The van der Waals surface area contributed by atoms with E-state index in [1.807, 2.05) is 6.07 Å². The highest BCUT2D eigenvalue weighted by molar-refractivity contribution is 9.10. The van der Waals surface area contributed by atoms with Crippen LogP contribution in [0, 0.1) is 13.8 Å². The van der Waals surface area contributed by atoms with Crippen LogP contribution < -0.4 is 11.1 Å². The average Bonchev–Trinajstić information content (AvgIpc) is 3.00. The van der Waals surface area contributed by atoms with Gasteiger partial charge >= 0.3 is 0 Å². The summed E-state index contributed by atoms with van der Waals surface area (Å²) in [7, 11) is -4.04. The second-order valence-electron chi connectivity index (χ2n) is 6.94. The number of amides is 2. The molecular weight excluding hydrogens is 458 g/mol. The zero-order valence-electron chi connectivity index (χ0n) is 16.0. The van der Waals surface area contributed by atoms with Crippen molar-refractivity contribution in [2.75, 3.05) is 0 Å². The van der Waals surface area contributed by atoms with Crippen molar-refractivity contribution in [3.8, 4) is 0 Å². The topological polar surface area (TPSA) is 122 Å². The maximum atomic E-state index is 13.6. The molecule has 0 aliphatic heterocycles. The van der Waals surface area contributed by atoms with Crippen LogP contribution in [0.5, 0.6) is 0 Å². The van der Waals surface area contributed by atoms with E-state index in [2.05, 4.69) is 26.2 Å². The van der Waals surface area contributed by atoms with E-state index in [-0.39, 0.29) is 15.5 Å². The molecule has 0 unspecified atom stereocenters. The van der Waals surface area contributed by atoms with E-state index in [9.17, 15) is 18.0 Å². The lowest BCUT2D eigenvalue weighted by Gasteiger charge is -2.12. The number of rotatable bonds is 5. The molecule has 3 aromatic rings. The van der Waals surface area contributed by atoms with Gasteiger partial charge in [-0.15, -0.1) is 0 Å². The quantitative estimate of drug-likeness (QED) is 0.522. The maximum absolute atomic E-state index is 13.6. The highest BCUT2D eigenvalue weighted by atomic mass is 79.9. The SMILES string of the molecule is Cc1cc(C)cc(S(=O)(=O)c2c(C(=O)N[C@@H](C)C(N)=O)[nH]c3ccc(Br)cc23)c1. The Kier molecular flexibility index (Phi) is 5.55. The van der Waals surface area contributed by atoms with E-state index in [1.165, 1.54) is 6.92 Å². The molecule has 0 saturated heterocycles. The first-order valence-electron chi connectivity index (χ1n) is 8.75. The van der Waals surface area contributed by atoms with Gasteiger partial charge in [0.1, 0.15) is 16.6 Å². The first-order chi connectivity index (χ1) is 13.5. The van der Waals surface area contributed by atoms with Crippen LogP contribution in [0.15, 0.2) is 50.7 Å². The minimum atomic E-state index is -4.04. The van der Waals surface area contributed by atoms with Crippen molar-refractivity contribution in [2.45, 2.75) is 36.6 Å². The minimum Gasteiger partial charge on any atom is -0.368 e. The number of H-pyrrole nitrogens is 1. The summed E-state index contributed by atoms with van der Waals surface area (Å²) in [5.74, 6) is -1.46. The molecule has 9 heteroatoms. The molecule has 1 heterocycles. The van der Waals surface area contributed by atoms with Crippen LogP contribution in [0.4, 0.5) is 0 Å². The average molecular weight is 478 g/mol. The number of carbonyl (C=O) groups excluding carboxylic acids is 2. The zero-order valence-corrected chi connectivity index (χ0v) is 18.4. The monoisotopic (exact) mass is 477 g/mol. The van der Waals surface area contributed by atoms with Gasteiger partial charge in [-0.3, -0.25) is 9.59 Å². The molecule has 0 saturated carbocycles. The van der Waals surface area contributed by atoms with E-state index in [4.69, 9.17) is 5.73 Å². The van der Waals surface area contributed by atoms with Crippen molar-refractivity contribution < 1.29 is 18.0 Å². The molecule has 0 aliphatic rings. The standard InChI is InChI=1S/C20H20BrN3O4S/c1-10-6-11(2)8-14(7-10)29(27,28)18-15-9-13(21)4-5-16(15)24-17(18)20(26)23-12(3)19(22)25/h4-9,12,24H,1-3H3,(H2,22,25)(H,23,26)/t12-/m0/s1. The van der Waals surface area contributed by atoms with E-state index >= 15 is 0 Å². The molecule has 4 N–H and O–H groups in total. The number of hydrogen-bond donors (Lipinski definition) is 3. The second-order valence-corrected chi connectivity index (χ2v) is 9.75. The van der Waals surface area contributed by atoms with Gasteiger partial charge in [-0.25, -0.2) is 8.42 Å². The summed E-state index contributed by atoms with van der Waals surface area (Å²) in [5, 5.41) is 2.81. The molecule has 0 bridgehead atoms. The van der Waals surface area contributed by atoms with E-state index < -0.39 is 27.7 Å². The summed E-state index contributed by atoms with van der Waals surface area (Å²) in [6.45, 7) is 5.04. The fourth-order valence-electron chi connectivity index (χ4n) is 3.12. The lowest BCUT2D eigenvalue weighted by Crippen LogP contribution is -2.42. The van der Waals surface area contributed by atoms with E-state index in [1.54, 1.807) is 44.2 Å². The molecular formula is C20H20BrN3O4S. The third-order valence-electron chi connectivity index (χ3n) is 4.49. The highest BCUT2D eigenvalue weighted by Gasteiger charge is 2.31. The van der Waals surface area contributed by atoms with Gasteiger partial charge in [0, 0.05) is 15.4 Å². The van der Waals surface area contributed by atoms with Crippen LogP contribution in [0.2, 0.25) is 0 Å². The second kappa shape index (κ2) is 7.64. The number of benzene rings is 2. The van der Waals surface area contributed by atoms with Crippen LogP contribution >= 0.6 is 15.9 Å². The van der Waals surface area contributed by atoms with Crippen molar-refractivity contribution in [1.82, 2.24) is 10.3 Å². The Labute approximate surface area is 176 Å². The third-order valence-corrected chi connectivity index (χ3v) is 6.80. The first kappa shape index (κ1) is 21.1. The van der Waals surface area contributed by atoms with Crippen LogP contribution in [-0.4, -0.2) is 31.3 Å². The van der Waals surface area contributed by atoms with Crippen molar-refractivity contribution in [2.24, 2.45) is 5.73 Å². The van der Waals surface area contributed by atoms with Gasteiger partial charge in [0.2, 0.25) is 15.7 Å². The van der Waals surface area contributed by atoms with Gasteiger partial charge in [0.15, 0.2) is 0 Å². The Bertz CT molecular complexity index is 1230. The molecule has 0 aliphatic carbocycles. The Hall–Kier alpha value is -2.65. The molecule has 29 heavy (non-hydrogen) atoms. The molecule has 1 aromatic heterocycles. The van der Waals surface area contributed by atoms with E-state index in [0.717, 1.165) is 11.1 Å². The Morgan fingerprint density at radius 3 is 2.31 bits per heavy atom. The number of primary amides is 1. The Morgan fingerprint density at radius 1 is 1.10 bits per heavy atom. The van der Waals surface area contributed by atoms with Crippen molar-refractivity contribution in [3.05, 3.63) is 57.7 Å². The number of carbonyl (C=O) groups is 2. The fourth-order valence-corrected chi connectivity index (χ4v) is 5.27. The fraction of sp³-hybridized carbons (Fsp3) is 0.200. The predicted octanol–water partition coefficient (Wildman–Crippen LogP) is 2.98. The lowest BCUT2D eigenvalue weighted by molar-refractivity contribution is -0.119. The number of sulfone groups is 1. The van der Waals surface area contributed by atoms with Gasteiger partial charge in [0.25, 0.3) is 5.91 Å². The maximum Gasteiger partial charge on any atom is 0.269 e. The normalized spacial score (nSPS) is 12.7. The van der Waals surface area contributed by atoms with Gasteiger partial charge in [-0.2, -0.15) is 0 Å². The Morgan fingerprint density at radius 2 is 1.72 bits per heavy atom. The van der Waals surface area contributed by atoms with Crippen LogP contribution in [0.3, 0.4) is 0 Å². The summed E-state index contributed by atoms with van der Waals surface area (Å²) >= 11 is 3.35. The lowest BCUT2D eigenvalue weighted by atomic mass is 10.2. The van der Waals surface area contributed by atoms with Crippen molar-refractivity contribution in [1.29, 1.82) is 0 Å². The summed E-state index contributed by atoms with van der Waals surface area (Å²) in [6.07, 6.45) is 0. The summed E-state index contributed by atoms with van der Waals surface area (Å²) < 4.78 is 27.8. The summed E-state index contributed by atoms with van der Waals surface area (Å²) in [6, 6.07) is 9.08. The summed E-state index contributed by atoms with van der Waals surface area (Å²) in [5.41, 5.74) is 7.13. The molecule has 1 atom stereocenters. The number of nitrogens with one attached hydrogen (secondary N) is 2. The number of fused-ring (bicyclic) bond motifs is 1. The highest BCUT2D eigenvalue weighted by Crippen LogP contribution is 2.34. The van der Waals surface area contributed by atoms with Gasteiger partial charge < -0.3 is 16.0 Å². The molecule has 0 radical (unpaired) electrons. The predicted molar refractivity (Wildman–Crippen MR) is 113 cm³/mol. The van der Waals surface area contributed by atoms with Gasteiger partial charge in [-0.05, 0) is 62.2 Å². The number of halogens is 1. The minimum absolute atomic E-state index is 0.0906. The summed E-state index contributed by atoms with van der Waals surface area (Å²) in [4.78, 5) is 27.0. The number of aromatic amines is 1. The third kappa shape index (κ3) is 4.06. The molecule has 7 nitrogen and oxygen atoms in total. The number of hydrogen-bond acceptors (Lipinski definition) is 4.